The lowest BCUT2D eigenvalue weighted by Gasteiger charge is -2.00. The largest absolute Gasteiger partial charge is 0.478 e. The summed E-state index contributed by atoms with van der Waals surface area (Å²) in [5, 5.41) is 8.70. The zero-order valence-corrected chi connectivity index (χ0v) is 9.61. The molecule has 1 heterocycles. The van der Waals surface area contributed by atoms with Crippen LogP contribution in [0.5, 0.6) is 0 Å². The topological polar surface area (TPSA) is 46.5 Å². The van der Waals surface area contributed by atoms with E-state index in [0.29, 0.717) is 5.56 Å². The van der Waals surface area contributed by atoms with Crippen molar-refractivity contribution in [1.82, 2.24) is 0 Å². The lowest BCUT2D eigenvalue weighted by molar-refractivity contribution is 0.0695. The van der Waals surface area contributed by atoms with E-state index in [4.69, 9.17) is 9.84 Å². The Morgan fingerprint density at radius 3 is 2.31 bits per heavy atom. The number of benzene rings is 1. The fourth-order valence-electron chi connectivity index (χ4n) is 1.55. The minimum atomic E-state index is -0.845. The quantitative estimate of drug-likeness (QED) is 0.836. The van der Waals surface area contributed by atoms with E-state index in [9.17, 15) is 4.79 Å². The minimum absolute atomic E-state index is 0.412. The van der Waals surface area contributed by atoms with Gasteiger partial charge in [-0.05, 0) is 30.9 Å². The van der Waals surface area contributed by atoms with Gasteiger partial charge in [-0.25, -0.2) is 4.79 Å². The smallest absolute Gasteiger partial charge is 0.335 e. The van der Waals surface area contributed by atoms with Crippen molar-refractivity contribution in [2.45, 2.75) is 26.2 Å². The van der Waals surface area contributed by atoms with Crippen LogP contribution in [0.2, 0.25) is 0 Å². The second kappa shape index (κ2) is 7.01. The van der Waals surface area contributed by atoms with Crippen molar-refractivity contribution < 1.29 is 14.6 Å². The Hall–Kier alpha value is -1.35. The fourth-order valence-corrected chi connectivity index (χ4v) is 1.55. The van der Waals surface area contributed by atoms with Gasteiger partial charge in [-0.2, -0.15) is 0 Å². The number of hydrogen-bond acceptors (Lipinski definition) is 2. The van der Waals surface area contributed by atoms with Crippen LogP contribution in [-0.2, 0) is 11.2 Å². The standard InChI is InChI=1S/C9H10O2.C4H8O/c1-2-7-5-3-4-6-8(7)9(10)11;1-2-4-5-3-1/h3-6H,2H2,1H3,(H,10,11);1-4H2. The molecule has 1 aliphatic heterocycles. The molecular formula is C13H18O3. The Kier molecular flexibility index (Phi) is 5.57. The first-order chi connectivity index (χ1) is 7.75. The Morgan fingerprint density at radius 1 is 1.31 bits per heavy atom. The zero-order valence-electron chi connectivity index (χ0n) is 9.61. The molecule has 1 aliphatic rings. The number of carbonyl (C=O) groups is 1. The summed E-state index contributed by atoms with van der Waals surface area (Å²) >= 11 is 0. The monoisotopic (exact) mass is 222 g/mol. The van der Waals surface area contributed by atoms with E-state index in [2.05, 4.69) is 0 Å². The molecular weight excluding hydrogens is 204 g/mol. The Balaban J connectivity index is 0.000000212. The van der Waals surface area contributed by atoms with E-state index in [0.717, 1.165) is 25.2 Å². The average Bonchev–Trinajstić information content (AvgIpc) is 2.87. The molecule has 0 aromatic heterocycles. The number of rotatable bonds is 2. The van der Waals surface area contributed by atoms with Crippen LogP contribution in [0.4, 0.5) is 0 Å². The van der Waals surface area contributed by atoms with Gasteiger partial charge in [0, 0.05) is 13.2 Å². The van der Waals surface area contributed by atoms with Gasteiger partial charge in [0.1, 0.15) is 0 Å². The lowest BCUT2D eigenvalue weighted by Crippen LogP contribution is -2.00. The molecule has 88 valence electrons. The van der Waals surface area contributed by atoms with Crippen molar-refractivity contribution in [3.05, 3.63) is 35.4 Å². The molecule has 0 bridgehead atoms. The van der Waals surface area contributed by atoms with E-state index in [1.165, 1.54) is 12.8 Å². The number of hydrogen-bond donors (Lipinski definition) is 1. The van der Waals surface area contributed by atoms with Crippen LogP contribution in [0.25, 0.3) is 0 Å². The second-order valence-corrected chi connectivity index (χ2v) is 3.64. The van der Waals surface area contributed by atoms with Crippen LogP contribution in [-0.4, -0.2) is 24.3 Å². The van der Waals surface area contributed by atoms with Gasteiger partial charge in [0.15, 0.2) is 0 Å². The number of aryl methyl sites for hydroxylation is 1. The fraction of sp³-hybridized carbons (Fsp3) is 0.462. The van der Waals surface area contributed by atoms with Crippen molar-refractivity contribution in [3.8, 4) is 0 Å². The predicted octanol–water partition coefficient (Wildman–Crippen LogP) is 2.74. The second-order valence-electron chi connectivity index (χ2n) is 3.64. The van der Waals surface area contributed by atoms with E-state index < -0.39 is 5.97 Å². The summed E-state index contributed by atoms with van der Waals surface area (Å²) in [6.45, 7) is 3.95. The molecule has 1 N–H and O–H groups in total. The molecule has 0 amide bonds. The molecule has 16 heavy (non-hydrogen) atoms. The highest BCUT2D eigenvalue weighted by molar-refractivity contribution is 5.89. The van der Waals surface area contributed by atoms with Crippen LogP contribution in [0.3, 0.4) is 0 Å². The molecule has 1 fully saturated rings. The van der Waals surface area contributed by atoms with Crippen molar-refractivity contribution in [2.24, 2.45) is 0 Å². The molecule has 0 saturated carbocycles. The van der Waals surface area contributed by atoms with Crippen molar-refractivity contribution in [1.29, 1.82) is 0 Å². The minimum Gasteiger partial charge on any atom is -0.478 e. The van der Waals surface area contributed by atoms with Crippen LogP contribution < -0.4 is 0 Å². The van der Waals surface area contributed by atoms with Gasteiger partial charge in [0.2, 0.25) is 0 Å². The summed E-state index contributed by atoms with van der Waals surface area (Å²) < 4.78 is 4.94. The third kappa shape index (κ3) is 4.03. The first kappa shape index (κ1) is 12.7. The third-order valence-electron chi connectivity index (χ3n) is 2.46. The molecule has 0 atom stereocenters. The van der Waals surface area contributed by atoms with E-state index >= 15 is 0 Å². The summed E-state index contributed by atoms with van der Waals surface area (Å²) in [5.41, 5.74) is 1.30. The van der Waals surface area contributed by atoms with E-state index in [1.54, 1.807) is 12.1 Å². The Morgan fingerprint density at radius 2 is 1.94 bits per heavy atom. The van der Waals surface area contributed by atoms with Gasteiger partial charge in [-0.1, -0.05) is 25.1 Å². The molecule has 1 aromatic carbocycles. The normalized spacial score (nSPS) is 14.1. The lowest BCUT2D eigenvalue weighted by atomic mass is 10.1. The van der Waals surface area contributed by atoms with Crippen LogP contribution in [0, 0.1) is 0 Å². The molecule has 0 unspecified atom stereocenters. The Labute approximate surface area is 96.1 Å². The molecule has 2 rings (SSSR count). The molecule has 0 spiro atoms. The van der Waals surface area contributed by atoms with Gasteiger partial charge in [0.25, 0.3) is 0 Å². The van der Waals surface area contributed by atoms with Gasteiger partial charge in [0.05, 0.1) is 5.56 Å². The SMILES string of the molecule is C1CCOC1.CCc1ccccc1C(=O)O. The summed E-state index contributed by atoms with van der Waals surface area (Å²) in [5.74, 6) is -0.845. The van der Waals surface area contributed by atoms with Crippen molar-refractivity contribution in [2.75, 3.05) is 13.2 Å². The summed E-state index contributed by atoms with van der Waals surface area (Å²) in [4.78, 5) is 10.6. The number of ether oxygens (including phenoxy) is 1. The maximum atomic E-state index is 10.6. The van der Waals surface area contributed by atoms with Crippen LogP contribution in [0.15, 0.2) is 24.3 Å². The van der Waals surface area contributed by atoms with Crippen molar-refractivity contribution >= 4 is 5.97 Å². The molecule has 3 nitrogen and oxygen atoms in total. The van der Waals surface area contributed by atoms with E-state index in [1.807, 2.05) is 19.1 Å². The van der Waals surface area contributed by atoms with Gasteiger partial charge in [-0.3, -0.25) is 0 Å². The van der Waals surface area contributed by atoms with Crippen LogP contribution in [0.1, 0.15) is 35.7 Å². The molecule has 3 heteroatoms. The summed E-state index contributed by atoms with van der Waals surface area (Å²) in [7, 11) is 0. The number of carboxylic acids is 1. The van der Waals surface area contributed by atoms with Gasteiger partial charge < -0.3 is 9.84 Å². The molecule has 1 aromatic rings. The maximum absolute atomic E-state index is 10.6. The van der Waals surface area contributed by atoms with Crippen molar-refractivity contribution in [3.63, 3.8) is 0 Å². The Bertz CT molecular complexity index is 322. The highest BCUT2D eigenvalue weighted by Gasteiger charge is 2.05. The number of aromatic carboxylic acids is 1. The molecule has 0 aliphatic carbocycles. The highest BCUT2D eigenvalue weighted by Crippen LogP contribution is 2.08. The first-order valence-electron chi connectivity index (χ1n) is 5.64. The van der Waals surface area contributed by atoms with Gasteiger partial charge in [-0.15, -0.1) is 0 Å². The van der Waals surface area contributed by atoms with E-state index in [-0.39, 0.29) is 0 Å². The highest BCUT2D eigenvalue weighted by atomic mass is 16.5. The molecule has 0 radical (unpaired) electrons. The third-order valence-corrected chi connectivity index (χ3v) is 2.46. The summed E-state index contributed by atoms with van der Waals surface area (Å²) in [6.07, 6.45) is 3.32. The molecule has 1 saturated heterocycles. The van der Waals surface area contributed by atoms with Crippen LogP contribution >= 0.6 is 0 Å². The number of carboxylic acid groups (broad SMARTS) is 1. The maximum Gasteiger partial charge on any atom is 0.335 e. The summed E-state index contributed by atoms with van der Waals surface area (Å²) in [6, 6.07) is 7.05. The predicted molar refractivity (Wildman–Crippen MR) is 62.8 cm³/mol. The average molecular weight is 222 g/mol. The zero-order chi connectivity index (χ0) is 11.8. The first-order valence-corrected chi connectivity index (χ1v) is 5.64. The van der Waals surface area contributed by atoms with Gasteiger partial charge >= 0.3 is 5.97 Å².